The van der Waals surface area contributed by atoms with E-state index in [0.29, 0.717) is 19.6 Å². The maximum absolute atomic E-state index is 12.4. The number of hydrogen-bond donors (Lipinski definition) is 2. The molecule has 2 rings (SSSR count). The number of carboxylic acid groups (broad SMARTS) is 1. The number of rotatable bonds is 5. The third kappa shape index (κ3) is 3.06. The molecule has 1 unspecified atom stereocenters. The zero-order valence-corrected chi connectivity index (χ0v) is 12.0. The molecule has 1 aliphatic heterocycles. The van der Waals surface area contributed by atoms with Crippen LogP contribution < -0.4 is 0 Å². The molecule has 1 aliphatic carbocycles. The standard InChI is InChI=1S/C14H24N2O4/c1-10(13(18)19)11-8-15(9-11)14(20)16(6-7-17)12-4-2-3-5-12/h10-12,17H,2-9H2,1H3,(H,18,19). The van der Waals surface area contributed by atoms with Gasteiger partial charge in [0.2, 0.25) is 0 Å². The molecule has 1 saturated heterocycles. The molecule has 2 amide bonds. The van der Waals surface area contributed by atoms with E-state index in [1.54, 1.807) is 16.7 Å². The fourth-order valence-electron chi connectivity index (χ4n) is 3.13. The van der Waals surface area contributed by atoms with Gasteiger partial charge in [-0.05, 0) is 12.8 Å². The van der Waals surface area contributed by atoms with Gasteiger partial charge in [-0.2, -0.15) is 0 Å². The van der Waals surface area contributed by atoms with Crippen LogP contribution in [0.25, 0.3) is 0 Å². The molecule has 2 aliphatic rings. The minimum atomic E-state index is -0.801. The van der Waals surface area contributed by atoms with E-state index in [1.807, 2.05) is 0 Å². The van der Waals surface area contributed by atoms with Crippen LogP contribution >= 0.6 is 0 Å². The molecule has 1 saturated carbocycles. The second-order valence-corrected chi connectivity index (χ2v) is 5.93. The predicted molar refractivity (Wildman–Crippen MR) is 73.3 cm³/mol. The summed E-state index contributed by atoms with van der Waals surface area (Å²) >= 11 is 0. The lowest BCUT2D eigenvalue weighted by molar-refractivity contribution is -0.145. The monoisotopic (exact) mass is 284 g/mol. The van der Waals surface area contributed by atoms with E-state index in [2.05, 4.69) is 0 Å². The molecular weight excluding hydrogens is 260 g/mol. The van der Waals surface area contributed by atoms with Crippen LogP contribution in [0.2, 0.25) is 0 Å². The maximum atomic E-state index is 12.4. The van der Waals surface area contributed by atoms with Crippen LogP contribution in [0.5, 0.6) is 0 Å². The average Bonchev–Trinajstić information content (AvgIpc) is 2.87. The molecule has 20 heavy (non-hydrogen) atoms. The lowest BCUT2D eigenvalue weighted by Gasteiger charge is -2.44. The second-order valence-electron chi connectivity index (χ2n) is 5.93. The van der Waals surface area contributed by atoms with Crippen molar-refractivity contribution < 1.29 is 19.8 Å². The molecule has 0 radical (unpaired) electrons. The van der Waals surface area contributed by atoms with Gasteiger partial charge in [0.15, 0.2) is 0 Å². The first-order chi connectivity index (χ1) is 9.54. The number of aliphatic carboxylic acids is 1. The summed E-state index contributed by atoms with van der Waals surface area (Å²) < 4.78 is 0. The highest BCUT2D eigenvalue weighted by molar-refractivity contribution is 5.76. The number of carbonyl (C=O) groups is 2. The number of aliphatic hydroxyl groups excluding tert-OH is 1. The van der Waals surface area contributed by atoms with Gasteiger partial charge in [-0.3, -0.25) is 4.79 Å². The molecule has 1 heterocycles. The molecule has 0 aromatic heterocycles. The molecule has 0 aromatic rings. The number of nitrogens with zero attached hydrogens (tertiary/aromatic N) is 2. The van der Waals surface area contributed by atoms with Crippen LogP contribution in [0.3, 0.4) is 0 Å². The fraction of sp³-hybridized carbons (Fsp3) is 0.857. The van der Waals surface area contributed by atoms with E-state index in [1.165, 1.54) is 0 Å². The van der Waals surface area contributed by atoms with E-state index in [9.17, 15) is 9.59 Å². The SMILES string of the molecule is CC(C(=O)O)C1CN(C(=O)N(CCO)C2CCCC2)C1. The molecule has 6 heteroatoms. The van der Waals surface area contributed by atoms with Crippen LogP contribution in [-0.4, -0.2) is 64.3 Å². The van der Waals surface area contributed by atoms with Gasteiger partial charge in [-0.1, -0.05) is 19.8 Å². The number of likely N-dealkylation sites (tertiary alicyclic amines) is 1. The number of carboxylic acids is 1. The van der Waals surface area contributed by atoms with Crippen LogP contribution in [-0.2, 0) is 4.79 Å². The summed E-state index contributed by atoms with van der Waals surface area (Å²) in [4.78, 5) is 26.8. The van der Waals surface area contributed by atoms with Crippen molar-refractivity contribution in [3.8, 4) is 0 Å². The van der Waals surface area contributed by atoms with Gasteiger partial charge >= 0.3 is 12.0 Å². The Hall–Kier alpha value is -1.30. The van der Waals surface area contributed by atoms with Crippen molar-refractivity contribution in [2.75, 3.05) is 26.2 Å². The van der Waals surface area contributed by atoms with Crippen molar-refractivity contribution in [1.82, 2.24) is 9.80 Å². The van der Waals surface area contributed by atoms with E-state index >= 15 is 0 Å². The largest absolute Gasteiger partial charge is 0.481 e. The molecule has 0 aromatic carbocycles. The zero-order valence-electron chi connectivity index (χ0n) is 12.0. The number of aliphatic hydroxyl groups is 1. The van der Waals surface area contributed by atoms with Crippen molar-refractivity contribution in [2.24, 2.45) is 11.8 Å². The van der Waals surface area contributed by atoms with Crippen molar-refractivity contribution in [3.63, 3.8) is 0 Å². The first-order valence-electron chi connectivity index (χ1n) is 7.43. The third-order valence-corrected chi connectivity index (χ3v) is 4.63. The Balaban J connectivity index is 1.88. The average molecular weight is 284 g/mol. The van der Waals surface area contributed by atoms with Crippen molar-refractivity contribution >= 4 is 12.0 Å². The Morgan fingerprint density at radius 3 is 2.40 bits per heavy atom. The molecule has 1 atom stereocenters. The first kappa shape index (κ1) is 15.1. The van der Waals surface area contributed by atoms with Gasteiger partial charge in [0.05, 0.1) is 12.5 Å². The van der Waals surface area contributed by atoms with E-state index in [0.717, 1.165) is 25.7 Å². The molecule has 114 valence electrons. The van der Waals surface area contributed by atoms with Crippen molar-refractivity contribution in [2.45, 2.75) is 38.6 Å². The highest BCUT2D eigenvalue weighted by Crippen LogP contribution is 2.28. The van der Waals surface area contributed by atoms with Crippen molar-refractivity contribution in [3.05, 3.63) is 0 Å². The Kier molecular flexibility index (Phi) is 4.86. The number of amides is 2. The van der Waals surface area contributed by atoms with E-state index < -0.39 is 11.9 Å². The zero-order chi connectivity index (χ0) is 14.7. The Labute approximate surface area is 119 Å². The summed E-state index contributed by atoms with van der Waals surface area (Å²) in [5, 5.41) is 18.1. The first-order valence-corrected chi connectivity index (χ1v) is 7.43. The topological polar surface area (TPSA) is 81.1 Å². The quantitative estimate of drug-likeness (QED) is 0.789. The maximum Gasteiger partial charge on any atom is 0.320 e. The summed E-state index contributed by atoms with van der Waals surface area (Å²) in [7, 11) is 0. The summed E-state index contributed by atoms with van der Waals surface area (Å²) in [5.74, 6) is -1.15. The smallest absolute Gasteiger partial charge is 0.320 e. The van der Waals surface area contributed by atoms with Crippen LogP contribution in [0.4, 0.5) is 4.79 Å². The summed E-state index contributed by atoms with van der Waals surface area (Å²) in [6.45, 7) is 3.07. The number of urea groups is 1. The molecule has 6 nitrogen and oxygen atoms in total. The highest BCUT2D eigenvalue weighted by atomic mass is 16.4. The number of hydrogen-bond acceptors (Lipinski definition) is 3. The minimum absolute atomic E-state index is 0.0228. The van der Waals surface area contributed by atoms with Gasteiger partial charge in [-0.25, -0.2) is 4.79 Å². The van der Waals surface area contributed by atoms with Gasteiger partial charge in [0.25, 0.3) is 0 Å². The van der Waals surface area contributed by atoms with Gasteiger partial charge in [0.1, 0.15) is 0 Å². The van der Waals surface area contributed by atoms with Crippen LogP contribution in [0, 0.1) is 11.8 Å². The molecule has 0 bridgehead atoms. The molecule has 2 N–H and O–H groups in total. The summed E-state index contributed by atoms with van der Waals surface area (Å²) in [5.41, 5.74) is 0. The Morgan fingerprint density at radius 2 is 1.90 bits per heavy atom. The Bertz CT molecular complexity index is 362. The van der Waals surface area contributed by atoms with Gasteiger partial charge in [0, 0.05) is 31.6 Å². The Morgan fingerprint density at radius 1 is 1.30 bits per heavy atom. The molecular formula is C14H24N2O4. The predicted octanol–water partition coefficient (Wildman–Crippen LogP) is 0.996. The third-order valence-electron chi connectivity index (χ3n) is 4.63. The van der Waals surface area contributed by atoms with E-state index in [4.69, 9.17) is 10.2 Å². The van der Waals surface area contributed by atoms with E-state index in [-0.39, 0.29) is 24.6 Å². The van der Waals surface area contributed by atoms with Gasteiger partial charge < -0.3 is 20.0 Å². The minimum Gasteiger partial charge on any atom is -0.481 e. The molecule has 0 spiro atoms. The normalized spacial score (nSPS) is 21.6. The fourth-order valence-corrected chi connectivity index (χ4v) is 3.13. The summed E-state index contributed by atoms with van der Waals surface area (Å²) in [6.07, 6.45) is 4.29. The van der Waals surface area contributed by atoms with Crippen molar-refractivity contribution in [1.29, 1.82) is 0 Å². The highest BCUT2D eigenvalue weighted by Gasteiger charge is 2.40. The van der Waals surface area contributed by atoms with Gasteiger partial charge in [-0.15, -0.1) is 0 Å². The lowest BCUT2D eigenvalue weighted by Crippen LogP contribution is -2.59. The van der Waals surface area contributed by atoms with Crippen LogP contribution in [0.15, 0.2) is 0 Å². The summed E-state index contributed by atoms with van der Waals surface area (Å²) in [6, 6.07) is 0.199. The second kappa shape index (κ2) is 6.43. The lowest BCUT2D eigenvalue weighted by atomic mass is 9.87. The van der Waals surface area contributed by atoms with Crippen LogP contribution in [0.1, 0.15) is 32.6 Å². The molecule has 2 fully saturated rings. The number of carbonyl (C=O) groups excluding carboxylic acids is 1.